The van der Waals surface area contributed by atoms with Gasteiger partial charge in [0.1, 0.15) is 18.1 Å². The summed E-state index contributed by atoms with van der Waals surface area (Å²) in [6, 6.07) is -4.75. The molecule has 0 aromatic rings. The van der Waals surface area contributed by atoms with Gasteiger partial charge in [-0.15, -0.1) is 0 Å². The average Bonchev–Trinajstić information content (AvgIpc) is 2.56. The Labute approximate surface area is 151 Å². The van der Waals surface area contributed by atoms with E-state index in [2.05, 4.69) is 0 Å². The fourth-order valence-electron chi connectivity index (χ4n) is 1.66. The van der Waals surface area contributed by atoms with E-state index in [1.54, 1.807) is 0 Å². The van der Waals surface area contributed by atoms with E-state index < -0.39 is 79.7 Å². The molecule has 0 aliphatic rings. The van der Waals surface area contributed by atoms with Gasteiger partial charge in [0.05, 0.1) is 26.0 Å². The molecular formula is C13H20N4O10. The monoisotopic (exact) mass is 392 g/mol. The van der Waals surface area contributed by atoms with Gasteiger partial charge >= 0.3 is 17.9 Å². The third-order valence-electron chi connectivity index (χ3n) is 2.98. The third-order valence-corrected chi connectivity index (χ3v) is 2.98. The number of carbonyl (C=O) groups is 6. The second-order valence-corrected chi connectivity index (χ2v) is 5.22. The zero-order valence-electron chi connectivity index (χ0n) is 13.9. The van der Waals surface area contributed by atoms with Gasteiger partial charge in [0.15, 0.2) is 0 Å². The van der Waals surface area contributed by atoms with Crippen molar-refractivity contribution >= 4 is 35.6 Å². The first-order valence-electron chi connectivity index (χ1n) is 7.38. The molecule has 14 nitrogen and oxygen atoms in total. The number of aliphatic carboxylic acids is 3. The van der Waals surface area contributed by atoms with E-state index in [0.29, 0.717) is 0 Å². The van der Waals surface area contributed by atoms with Gasteiger partial charge in [-0.3, -0.25) is 24.0 Å². The SMILES string of the molecule is NC(CO)C(=O)NC(CC(=O)O)C(=O)NCC(=O)NC(CC(=O)O)C(=O)O. The number of aliphatic hydroxyl groups is 1. The lowest BCUT2D eigenvalue weighted by Gasteiger charge is -2.19. The summed E-state index contributed by atoms with van der Waals surface area (Å²) in [7, 11) is 0. The number of rotatable bonds is 12. The van der Waals surface area contributed by atoms with Crippen molar-refractivity contribution in [3.8, 4) is 0 Å². The standard InChI is InChI=1S/C13H20N4O10/c14-5(4-18)11(24)17-6(1-9(20)21)12(25)15-3-8(19)16-7(13(26)27)2-10(22)23/h5-7,18H,1-4,14H2,(H,15,25)(H,16,19)(H,17,24)(H,20,21)(H,22,23)(H,26,27). The summed E-state index contributed by atoms with van der Waals surface area (Å²) in [6.07, 6.45) is -1.75. The molecule has 14 heteroatoms. The summed E-state index contributed by atoms with van der Waals surface area (Å²) in [5, 5.41) is 40.7. The van der Waals surface area contributed by atoms with Gasteiger partial charge in [-0.25, -0.2) is 4.79 Å². The molecule has 0 aromatic carbocycles. The van der Waals surface area contributed by atoms with Gasteiger partial charge in [-0.05, 0) is 0 Å². The highest BCUT2D eigenvalue weighted by Crippen LogP contribution is 1.96. The maximum atomic E-state index is 11.9. The van der Waals surface area contributed by atoms with Gasteiger partial charge in [-0.2, -0.15) is 0 Å². The summed E-state index contributed by atoms with van der Waals surface area (Å²) in [6.45, 7) is -1.56. The number of carboxylic acid groups (broad SMARTS) is 3. The minimum Gasteiger partial charge on any atom is -0.481 e. The topological polar surface area (TPSA) is 245 Å². The first kappa shape index (κ1) is 23.7. The molecule has 0 saturated heterocycles. The number of amides is 3. The van der Waals surface area contributed by atoms with Crippen molar-refractivity contribution in [1.82, 2.24) is 16.0 Å². The zero-order chi connectivity index (χ0) is 21.1. The average molecular weight is 392 g/mol. The second-order valence-electron chi connectivity index (χ2n) is 5.22. The molecule has 3 atom stereocenters. The number of nitrogens with two attached hydrogens (primary N) is 1. The van der Waals surface area contributed by atoms with Gasteiger partial charge in [-0.1, -0.05) is 0 Å². The Morgan fingerprint density at radius 2 is 1.33 bits per heavy atom. The highest BCUT2D eigenvalue weighted by Gasteiger charge is 2.27. The van der Waals surface area contributed by atoms with Gasteiger partial charge in [0, 0.05) is 0 Å². The third kappa shape index (κ3) is 9.71. The second kappa shape index (κ2) is 11.4. The van der Waals surface area contributed by atoms with E-state index in [0.717, 1.165) is 0 Å². The Kier molecular flexibility index (Phi) is 10.0. The molecule has 9 N–H and O–H groups in total. The van der Waals surface area contributed by atoms with Crippen LogP contribution in [0.25, 0.3) is 0 Å². The molecule has 0 radical (unpaired) electrons. The number of nitrogens with one attached hydrogen (secondary N) is 3. The van der Waals surface area contributed by atoms with Crippen molar-refractivity contribution in [2.45, 2.75) is 31.0 Å². The predicted molar refractivity (Wildman–Crippen MR) is 84.1 cm³/mol. The van der Waals surface area contributed by atoms with Crippen LogP contribution in [0.2, 0.25) is 0 Å². The van der Waals surface area contributed by atoms with E-state index in [4.69, 9.17) is 26.2 Å². The maximum absolute atomic E-state index is 11.9. The minimum atomic E-state index is -1.73. The lowest BCUT2D eigenvalue weighted by Crippen LogP contribution is -2.54. The van der Waals surface area contributed by atoms with Gasteiger partial charge in [0.25, 0.3) is 0 Å². The zero-order valence-corrected chi connectivity index (χ0v) is 13.9. The molecule has 0 fully saturated rings. The summed E-state index contributed by atoms with van der Waals surface area (Å²) in [5.41, 5.74) is 5.23. The highest BCUT2D eigenvalue weighted by atomic mass is 16.4. The van der Waals surface area contributed by atoms with E-state index >= 15 is 0 Å². The van der Waals surface area contributed by atoms with Crippen molar-refractivity contribution in [1.29, 1.82) is 0 Å². The van der Waals surface area contributed by atoms with Gasteiger partial charge in [0.2, 0.25) is 17.7 Å². The normalized spacial score (nSPS) is 13.6. The molecule has 0 heterocycles. The van der Waals surface area contributed by atoms with Crippen LogP contribution < -0.4 is 21.7 Å². The molecule has 27 heavy (non-hydrogen) atoms. The Bertz CT molecular complexity index is 608. The van der Waals surface area contributed by atoms with Crippen LogP contribution >= 0.6 is 0 Å². The van der Waals surface area contributed by atoms with Crippen LogP contribution in [0.1, 0.15) is 12.8 Å². The molecule has 0 saturated carbocycles. The summed E-state index contributed by atoms with van der Waals surface area (Å²) < 4.78 is 0. The molecule has 3 amide bonds. The lowest BCUT2D eigenvalue weighted by atomic mass is 10.1. The van der Waals surface area contributed by atoms with Crippen LogP contribution in [-0.2, 0) is 28.8 Å². The lowest BCUT2D eigenvalue weighted by molar-refractivity contribution is -0.147. The Balaban J connectivity index is 4.80. The number of aliphatic hydroxyl groups excluding tert-OH is 1. The number of hydrogen-bond donors (Lipinski definition) is 8. The molecule has 0 aliphatic carbocycles. The molecule has 0 spiro atoms. The Morgan fingerprint density at radius 3 is 1.78 bits per heavy atom. The molecule has 3 unspecified atom stereocenters. The quantitative estimate of drug-likeness (QED) is 0.157. The summed E-state index contributed by atoms with van der Waals surface area (Å²) in [5.74, 6) is -7.68. The molecule has 0 rings (SSSR count). The first-order chi connectivity index (χ1) is 12.5. The summed E-state index contributed by atoms with van der Waals surface area (Å²) in [4.78, 5) is 67.3. The van der Waals surface area contributed by atoms with Crippen molar-refractivity contribution in [2.75, 3.05) is 13.2 Å². The fourth-order valence-corrected chi connectivity index (χ4v) is 1.66. The Hall–Kier alpha value is -3.26. The molecule has 0 bridgehead atoms. The molecule has 0 aromatic heterocycles. The largest absolute Gasteiger partial charge is 0.481 e. The smallest absolute Gasteiger partial charge is 0.326 e. The number of carboxylic acids is 3. The van der Waals surface area contributed by atoms with Crippen LogP contribution in [0, 0.1) is 0 Å². The van der Waals surface area contributed by atoms with E-state index in [9.17, 15) is 28.8 Å². The number of hydrogen-bond acceptors (Lipinski definition) is 8. The van der Waals surface area contributed by atoms with Crippen molar-refractivity contribution in [2.24, 2.45) is 5.73 Å². The van der Waals surface area contributed by atoms with Gasteiger partial charge < -0.3 is 42.1 Å². The van der Waals surface area contributed by atoms with Crippen molar-refractivity contribution < 1.29 is 49.2 Å². The highest BCUT2D eigenvalue weighted by molar-refractivity contribution is 5.94. The van der Waals surface area contributed by atoms with E-state index in [1.165, 1.54) is 0 Å². The van der Waals surface area contributed by atoms with Crippen molar-refractivity contribution in [3.05, 3.63) is 0 Å². The van der Waals surface area contributed by atoms with E-state index in [-0.39, 0.29) is 0 Å². The van der Waals surface area contributed by atoms with Crippen LogP contribution in [0.5, 0.6) is 0 Å². The predicted octanol–water partition coefficient (Wildman–Crippen LogP) is -4.57. The fraction of sp³-hybridized carbons (Fsp3) is 0.538. The molecule has 152 valence electrons. The maximum Gasteiger partial charge on any atom is 0.326 e. The molecule has 0 aliphatic heterocycles. The molecular weight excluding hydrogens is 372 g/mol. The van der Waals surface area contributed by atoms with Crippen LogP contribution in [-0.4, -0.2) is 87.3 Å². The minimum absolute atomic E-state index is 0.754. The number of carbonyl (C=O) groups excluding carboxylic acids is 3. The van der Waals surface area contributed by atoms with Crippen LogP contribution in [0.3, 0.4) is 0 Å². The van der Waals surface area contributed by atoms with E-state index in [1.807, 2.05) is 16.0 Å². The first-order valence-corrected chi connectivity index (χ1v) is 7.38. The van der Waals surface area contributed by atoms with Crippen LogP contribution in [0.15, 0.2) is 0 Å². The van der Waals surface area contributed by atoms with Crippen LogP contribution in [0.4, 0.5) is 0 Å². The van der Waals surface area contributed by atoms with Crippen molar-refractivity contribution in [3.63, 3.8) is 0 Å². The summed E-state index contributed by atoms with van der Waals surface area (Å²) >= 11 is 0. The Morgan fingerprint density at radius 1 is 0.815 bits per heavy atom.